The van der Waals surface area contributed by atoms with Gasteiger partial charge in [0.05, 0.1) is 28.8 Å². The van der Waals surface area contributed by atoms with Crippen LogP contribution in [0.25, 0.3) is 0 Å². The molecular weight excluding hydrogens is 362 g/mol. The fourth-order valence-corrected chi connectivity index (χ4v) is 8.57. The highest BCUT2D eigenvalue weighted by molar-refractivity contribution is 6.90. The monoisotopic (exact) mass is 391 g/mol. The number of nitrogens with one attached hydrogen (secondary N) is 1. The van der Waals surface area contributed by atoms with E-state index in [1.807, 2.05) is 45.3 Å². The molecule has 142 valence electrons. The van der Waals surface area contributed by atoms with Gasteiger partial charge in [-0.05, 0) is 5.56 Å². The zero-order chi connectivity index (χ0) is 20.1. The zero-order valence-electron chi connectivity index (χ0n) is 16.7. The van der Waals surface area contributed by atoms with Gasteiger partial charge in [0.25, 0.3) is 0 Å². The number of methoxy groups -OCH3 is 1. The third-order valence-electron chi connectivity index (χ3n) is 4.19. The van der Waals surface area contributed by atoms with Crippen molar-refractivity contribution in [3.8, 4) is 0 Å². The third-order valence-corrected chi connectivity index (χ3v) is 8.77. The van der Waals surface area contributed by atoms with Crippen LogP contribution in [0, 0.1) is 0 Å². The first kappa shape index (κ1) is 22.1. The standard InChI is InChI=1S/C19H29NO4Si2/c1-24-19(23)16(14-11-9-8-10-12-14)20-18(22)17(26(5,6)7)15(13-21)25(2,3)4/h8-12,16-17H,1-7H3,(H,20,22)/t16-,17-/m1/s1. The van der Waals surface area contributed by atoms with E-state index in [9.17, 15) is 14.4 Å². The molecule has 0 fully saturated rings. The first-order valence-corrected chi connectivity index (χ1v) is 15.7. The van der Waals surface area contributed by atoms with E-state index in [0.717, 1.165) is 0 Å². The Morgan fingerprint density at radius 2 is 1.58 bits per heavy atom. The lowest BCUT2D eigenvalue weighted by molar-refractivity contribution is -0.145. The second kappa shape index (κ2) is 8.62. The molecule has 1 aromatic rings. The predicted octanol–water partition coefficient (Wildman–Crippen LogP) is 3.36. The van der Waals surface area contributed by atoms with E-state index in [0.29, 0.717) is 10.8 Å². The van der Waals surface area contributed by atoms with Gasteiger partial charge < -0.3 is 10.1 Å². The molecule has 5 nitrogen and oxygen atoms in total. The van der Waals surface area contributed by atoms with Crippen LogP contribution in [-0.4, -0.2) is 41.1 Å². The summed E-state index contributed by atoms with van der Waals surface area (Å²) < 4.78 is 4.87. The minimum absolute atomic E-state index is 0.302. The number of carbonyl (C=O) groups excluding carboxylic acids is 3. The predicted molar refractivity (Wildman–Crippen MR) is 109 cm³/mol. The Kier molecular flexibility index (Phi) is 7.32. The summed E-state index contributed by atoms with van der Waals surface area (Å²) in [5.74, 6) is 1.23. The maximum absolute atomic E-state index is 13.2. The van der Waals surface area contributed by atoms with Crippen LogP contribution in [0.2, 0.25) is 44.8 Å². The first-order valence-electron chi connectivity index (χ1n) is 8.62. The van der Waals surface area contributed by atoms with Crippen molar-refractivity contribution in [2.45, 2.75) is 50.9 Å². The van der Waals surface area contributed by atoms with Gasteiger partial charge in [-0.3, -0.25) is 4.79 Å². The van der Waals surface area contributed by atoms with Crippen LogP contribution in [0.3, 0.4) is 0 Å². The lowest BCUT2D eigenvalue weighted by Crippen LogP contribution is -2.48. The van der Waals surface area contributed by atoms with Crippen molar-refractivity contribution in [3.05, 3.63) is 41.1 Å². The number of ether oxygens (including phenoxy) is 1. The number of carbonyl (C=O) groups is 2. The van der Waals surface area contributed by atoms with E-state index < -0.39 is 33.7 Å². The fourth-order valence-electron chi connectivity index (χ4n) is 2.87. The van der Waals surface area contributed by atoms with Gasteiger partial charge in [0, 0.05) is 5.20 Å². The summed E-state index contributed by atoms with van der Waals surface area (Å²) in [6.07, 6.45) is 0. The highest BCUT2D eigenvalue weighted by Gasteiger charge is 2.43. The van der Waals surface area contributed by atoms with Crippen molar-refractivity contribution in [1.82, 2.24) is 5.32 Å². The topological polar surface area (TPSA) is 72.5 Å². The van der Waals surface area contributed by atoms with Gasteiger partial charge in [0.1, 0.15) is 5.94 Å². The summed E-state index contributed by atoms with van der Waals surface area (Å²) in [6, 6.07) is 8.06. The van der Waals surface area contributed by atoms with Crippen LogP contribution in [-0.2, 0) is 19.1 Å². The first-order chi connectivity index (χ1) is 11.9. The van der Waals surface area contributed by atoms with Crippen molar-refractivity contribution < 1.29 is 19.1 Å². The number of esters is 1. The smallest absolute Gasteiger partial charge is 0.333 e. The molecule has 0 aliphatic heterocycles. The molecule has 7 heteroatoms. The largest absolute Gasteiger partial charge is 0.467 e. The number of hydrogen-bond acceptors (Lipinski definition) is 4. The second-order valence-electron chi connectivity index (χ2n) is 8.44. The Bertz CT molecular complexity index is 698. The summed E-state index contributed by atoms with van der Waals surface area (Å²) in [4.78, 5) is 37.1. The average Bonchev–Trinajstić information content (AvgIpc) is 2.55. The second-order valence-corrected chi connectivity index (χ2v) is 18.8. The molecule has 0 bridgehead atoms. The molecule has 0 saturated carbocycles. The highest BCUT2D eigenvalue weighted by Crippen LogP contribution is 2.35. The Labute approximate surface area is 157 Å². The molecule has 0 aliphatic carbocycles. The molecule has 0 aromatic heterocycles. The minimum Gasteiger partial charge on any atom is -0.467 e. The zero-order valence-corrected chi connectivity index (χ0v) is 18.7. The molecule has 1 N–H and O–H groups in total. The van der Waals surface area contributed by atoms with Crippen molar-refractivity contribution >= 4 is 34.0 Å². The van der Waals surface area contributed by atoms with Crippen molar-refractivity contribution in [1.29, 1.82) is 0 Å². The van der Waals surface area contributed by atoms with Crippen LogP contribution in [0.5, 0.6) is 0 Å². The molecular formula is C19H29NO4Si2. The van der Waals surface area contributed by atoms with Crippen LogP contribution in [0.15, 0.2) is 35.5 Å². The van der Waals surface area contributed by atoms with Crippen molar-refractivity contribution in [3.63, 3.8) is 0 Å². The maximum Gasteiger partial charge on any atom is 0.333 e. The maximum atomic E-state index is 13.2. The van der Waals surface area contributed by atoms with Crippen molar-refractivity contribution in [2.75, 3.05) is 7.11 Å². The molecule has 0 aliphatic rings. The molecule has 0 heterocycles. The van der Waals surface area contributed by atoms with Crippen LogP contribution >= 0.6 is 0 Å². The summed E-state index contributed by atoms with van der Waals surface area (Å²) in [6.45, 7) is 12.2. The average molecular weight is 392 g/mol. The molecule has 1 aromatic carbocycles. The SMILES string of the molecule is COC(=O)[C@H](NC(=O)[C@@H](C(=C=O)[Si](C)(C)C)[Si](C)(C)C)c1ccccc1. The molecule has 0 unspecified atom stereocenters. The van der Waals surface area contributed by atoms with Gasteiger partial charge >= 0.3 is 5.97 Å². The lowest BCUT2D eigenvalue weighted by Gasteiger charge is -2.34. The summed E-state index contributed by atoms with van der Waals surface area (Å²) in [5.41, 5.74) is 0.120. The number of amides is 1. The minimum atomic E-state index is -2.09. The molecule has 2 atom stereocenters. The van der Waals surface area contributed by atoms with Crippen molar-refractivity contribution in [2.24, 2.45) is 0 Å². The van der Waals surface area contributed by atoms with E-state index in [-0.39, 0.29) is 5.91 Å². The Morgan fingerprint density at radius 3 is 1.96 bits per heavy atom. The highest BCUT2D eigenvalue weighted by atomic mass is 28.3. The van der Waals surface area contributed by atoms with E-state index in [4.69, 9.17) is 4.74 Å². The van der Waals surface area contributed by atoms with Gasteiger partial charge in [0.15, 0.2) is 6.04 Å². The molecule has 0 radical (unpaired) electrons. The van der Waals surface area contributed by atoms with Crippen LogP contribution < -0.4 is 5.32 Å². The Balaban J connectivity index is 3.30. The lowest BCUT2D eigenvalue weighted by atomic mass is 10.1. The van der Waals surface area contributed by atoms with Crippen LogP contribution in [0.1, 0.15) is 11.6 Å². The summed E-state index contributed by atoms with van der Waals surface area (Å²) in [5, 5.41) is 3.40. The van der Waals surface area contributed by atoms with Gasteiger partial charge in [-0.1, -0.05) is 69.6 Å². The Morgan fingerprint density at radius 1 is 1.04 bits per heavy atom. The molecule has 26 heavy (non-hydrogen) atoms. The Hall–Kier alpha value is -1.96. The molecule has 0 saturated heterocycles. The van der Waals surface area contributed by atoms with Gasteiger partial charge in [-0.25, -0.2) is 9.59 Å². The van der Waals surface area contributed by atoms with E-state index in [2.05, 4.69) is 11.3 Å². The van der Waals surface area contributed by atoms with Gasteiger partial charge in [-0.2, -0.15) is 0 Å². The summed E-state index contributed by atoms with van der Waals surface area (Å²) in [7, 11) is -2.83. The normalized spacial score (nSPS) is 14.0. The van der Waals surface area contributed by atoms with E-state index in [1.165, 1.54) is 7.11 Å². The van der Waals surface area contributed by atoms with Gasteiger partial charge in [-0.15, -0.1) is 0 Å². The number of hydrogen-bond donors (Lipinski definition) is 1. The molecule has 0 spiro atoms. The summed E-state index contributed by atoms with van der Waals surface area (Å²) >= 11 is 0. The van der Waals surface area contributed by atoms with E-state index >= 15 is 0 Å². The molecule has 1 rings (SSSR count). The van der Waals surface area contributed by atoms with E-state index in [1.54, 1.807) is 24.3 Å². The van der Waals surface area contributed by atoms with Crippen LogP contribution in [0.4, 0.5) is 0 Å². The number of benzene rings is 1. The quantitative estimate of drug-likeness (QED) is 0.439. The fraction of sp³-hybridized carbons (Fsp3) is 0.474. The third kappa shape index (κ3) is 5.52. The molecule has 1 amide bonds. The van der Waals surface area contributed by atoms with Gasteiger partial charge in [0.2, 0.25) is 5.91 Å². The number of rotatable bonds is 7.